The van der Waals surface area contributed by atoms with Crippen molar-refractivity contribution in [3.8, 4) is 11.3 Å². The summed E-state index contributed by atoms with van der Waals surface area (Å²) in [4.78, 5) is 15.9. The number of amides is 1. The number of nitrogens with one attached hydrogen (secondary N) is 1. The number of hydrogen-bond acceptors (Lipinski definition) is 4. The van der Waals surface area contributed by atoms with Gasteiger partial charge in [0.25, 0.3) is 0 Å². The van der Waals surface area contributed by atoms with E-state index in [9.17, 15) is 4.79 Å². The second kappa shape index (κ2) is 7.13. The van der Waals surface area contributed by atoms with Crippen molar-refractivity contribution in [2.75, 3.05) is 12.3 Å². The molecule has 1 heterocycles. The lowest BCUT2D eigenvalue weighted by atomic mass is 10.1. The molecule has 23 heavy (non-hydrogen) atoms. The van der Waals surface area contributed by atoms with Gasteiger partial charge in [0.05, 0.1) is 5.69 Å². The van der Waals surface area contributed by atoms with Crippen LogP contribution in [0.4, 0.5) is 10.6 Å². The van der Waals surface area contributed by atoms with Gasteiger partial charge in [0.2, 0.25) is 0 Å². The molecule has 5 nitrogen and oxygen atoms in total. The third-order valence-electron chi connectivity index (χ3n) is 3.08. The predicted molar refractivity (Wildman–Crippen MR) is 92.0 cm³/mol. The zero-order chi connectivity index (χ0) is 16.9. The number of alkyl carbamates (subject to hydrolysis) is 1. The van der Waals surface area contributed by atoms with Crippen LogP contribution in [-0.2, 0) is 11.2 Å². The summed E-state index contributed by atoms with van der Waals surface area (Å²) in [5.74, 6) is 0.500. The Labute approximate surface area is 136 Å². The summed E-state index contributed by atoms with van der Waals surface area (Å²) in [6.07, 6.45) is 0.321. The zero-order valence-corrected chi connectivity index (χ0v) is 13.8. The number of carbonyl (C=O) groups is 1. The first-order valence-electron chi connectivity index (χ1n) is 7.62. The van der Waals surface area contributed by atoms with Gasteiger partial charge in [0, 0.05) is 12.1 Å². The monoisotopic (exact) mass is 313 g/mol. The first-order chi connectivity index (χ1) is 10.8. The molecule has 0 aliphatic heterocycles. The van der Waals surface area contributed by atoms with E-state index in [1.807, 2.05) is 51.1 Å². The largest absolute Gasteiger partial charge is 0.444 e. The molecule has 0 fully saturated rings. The second-order valence-corrected chi connectivity index (χ2v) is 6.33. The van der Waals surface area contributed by atoms with Crippen LogP contribution >= 0.6 is 0 Å². The number of aromatic nitrogens is 1. The molecule has 0 aliphatic rings. The van der Waals surface area contributed by atoms with E-state index in [1.54, 1.807) is 6.07 Å². The molecule has 0 saturated heterocycles. The summed E-state index contributed by atoms with van der Waals surface area (Å²) in [6.45, 7) is 6.04. The molecule has 2 rings (SSSR count). The Hall–Kier alpha value is -2.56. The second-order valence-electron chi connectivity index (χ2n) is 6.33. The highest BCUT2D eigenvalue weighted by Crippen LogP contribution is 2.19. The van der Waals surface area contributed by atoms with Crippen molar-refractivity contribution in [2.45, 2.75) is 32.8 Å². The van der Waals surface area contributed by atoms with Crippen molar-refractivity contribution in [3.05, 3.63) is 48.0 Å². The molecule has 5 heteroatoms. The van der Waals surface area contributed by atoms with E-state index >= 15 is 0 Å². The number of rotatable bonds is 4. The molecule has 0 saturated carbocycles. The lowest BCUT2D eigenvalue weighted by molar-refractivity contribution is 0.0528. The molecule has 0 unspecified atom stereocenters. The van der Waals surface area contributed by atoms with Crippen molar-refractivity contribution in [3.63, 3.8) is 0 Å². The normalized spacial score (nSPS) is 11.1. The van der Waals surface area contributed by atoms with Gasteiger partial charge in [-0.2, -0.15) is 0 Å². The number of anilines is 1. The Bertz CT molecular complexity index is 678. The van der Waals surface area contributed by atoms with Gasteiger partial charge >= 0.3 is 6.09 Å². The summed E-state index contributed by atoms with van der Waals surface area (Å²) < 4.78 is 5.21. The van der Waals surface area contributed by atoms with Crippen LogP contribution in [0.15, 0.2) is 42.5 Å². The van der Waals surface area contributed by atoms with Crippen molar-refractivity contribution in [1.82, 2.24) is 10.3 Å². The molecule has 1 amide bonds. The molecule has 0 atom stereocenters. The summed E-state index contributed by atoms with van der Waals surface area (Å²) in [7, 11) is 0. The molecule has 0 spiro atoms. The topological polar surface area (TPSA) is 77.2 Å². The number of ether oxygens (including phenoxy) is 1. The van der Waals surface area contributed by atoms with Gasteiger partial charge in [-0.15, -0.1) is 0 Å². The van der Waals surface area contributed by atoms with Crippen molar-refractivity contribution >= 4 is 11.9 Å². The minimum Gasteiger partial charge on any atom is -0.444 e. The average Bonchev–Trinajstić information content (AvgIpc) is 2.46. The maximum Gasteiger partial charge on any atom is 0.407 e. The summed E-state index contributed by atoms with van der Waals surface area (Å²) in [6, 6.07) is 13.6. The molecule has 122 valence electrons. The van der Waals surface area contributed by atoms with Crippen LogP contribution in [0.5, 0.6) is 0 Å². The van der Waals surface area contributed by atoms with Crippen molar-refractivity contribution in [2.24, 2.45) is 0 Å². The fraction of sp³-hybridized carbons (Fsp3) is 0.333. The highest BCUT2D eigenvalue weighted by molar-refractivity contribution is 5.67. The van der Waals surface area contributed by atoms with Crippen LogP contribution in [0, 0.1) is 0 Å². The summed E-state index contributed by atoms with van der Waals surface area (Å²) >= 11 is 0. The molecule has 1 aromatic heterocycles. The van der Waals surface area contributed by atoms with Crippen LogP contribution in [0.3, 0.4) is 0 Å². The third-order valence-corrected chi connectivity index (χ3v) is 3.08. The number of nitrogens with zero attached hydrogens (tertiary/aromatic N) is 1. The van der Waals surface area contributed by atoms with Crippen LogP contribution in [0.1, 0.15) is 26.3 Å². The van der Waals surface area contributed by atoms with Gasteiger partial charge in [-0.1, -0.05) is 24.3 Å². The van der Waals surface area contributed by atoms with E-state index in [1.165, 1.54) is 0 Å². The fourth-order valence-electron chi connectivity index (χ4n) is 2.12. The van der Waals surface area contributed by atoms with Gasteiger partial charge in [0.1, 0.15) is 11.4 Å². The Morgan fingerprint density at radius 1 is 1.22 bits per heavy atom. The molecular weight excluding hydrogens is 290 g/mol. The van der Waals surface area contributed by atoms with Gasteiger partial charge in [-0.05, 0) is 51.0 Å². The quantitative estimate of drug-likeness (QED) is 0.907. The Morgan fingerprint density at radius 2 is 1.96 bits per heavy atom. The van der Waals surface area contributed by atoms with Crippen molar-refractivity contribution < 1.29 is 9.53 Å². The SMILES string of the molecule is CC(C)(C)OC(=O)NCCc1cccc(-c2cccc(N)n2)c1. The maximum atomic E-state index is 11.6. The van der Waals surface area contributed by atoms with Gasteiger partial charge < -0.3 is 15.8 Å². The zero-order valence-electron chi connectivity index (χ0n) is 13.8. The minimum absolute atomic E-state index is 0.397. The van der Waals surface area contributed by atoms with E-state index in [-0.39, 0.29) is 0 Å². The van der Waals surface area contributed by atoms with Crippen LogP contribution in [0.2, 0.25) is 0 Å². The number of nitrogens with two attached hydrogens (primary N) is 1. The Balaban J connectivity index is 1.94. The van der Waals surface area contributed by atoms with E-state index in [0.29, 0.717) is 12.4 Å². The van der Waals surface area contributed by atoms with E-state index in [2.05, 4.69) is 16.4 Å². The van der Waals surface area contributed by atoms with Crippen molar-refractivity contribution in [1.29, 1.82) is 0 Å². The molecule has 1 aromatic carbocycles. The predicted octanol–water partition coefficient (Wildman–Crippen LogP) is 3.40. The number of carbonyl (C=O) groups excluding carboxylic acids is 1. The lowest BCUT2D eigenvalue weighted by Gasteiger charge is -2.19. The van der Waals surface area contributed by atoms with Gasteiger partial charge in [-0.3, -0.25) is 0 Å². The standard InChI is InChI=1S/C18H23N3O2/c1-18(2,3)23-17(22)20-11-10-13-6-4-7-14(12-13)15-8-5-9-16(19)21-15/h4-9,12H,10-11H2,1-3H3,(H2,19,21)(H,20,22). The Kier molecular flexibility index (Phi) is 5.21. The van der Waals surface area contributed by atoms with Gasteiger partial charge in [-0.25, -0.2) is 9.78 Å². The number of hydrogen-bond donors (Lipinski definition) is 2. The number of pyridine rings is 1. The van der Waals surface area contributed by atoms with Crippen LogP contribution < -0.4 is 11.1 Å². The van der Waals surface area contributed by atoms with Gasteiger partial charge in [0.15, 0.2) is 0 Å². The highest BCUT2D eigenvalue weighted by atomic mass is 16.6. The average molecular weight is 313 g/mol. The van der Waals surface area contributed by atoms with Crippen LogP contribution in [0.25, 0.3) is 11.3 Å². The van der Waals surface area contributed by atoms with E-state index in [4.69, 9.17) is 10.5 Å². The first kappa shape index (κ1) is 16.8. The summed E-state index contributed by atoms with van der Waals surface area (Å²) in [5, 5.41) is 2.76. The maximum absolute atomic E-state index is 11.6. The molecule has 2 aromatic rings. The summed E-state index contributed by atoms with van der Waals surface area (Å²) in [5.41, 5.74) is 8.20. The van der Waals surface area contributed by atoms with E-state index < -0.39 is 11.7 Å². The van der Waals surface area contributed by atoms with E-state index in [0.717, 1.165) is 23.2 Å². The highest BCUT2D eigenvalue weighted by Gasteiger charge is 2.15. The number of benzene rings is 1. The number of nitrogen functional groups attached to an aromatic ring is 1. The third kappa shape index (κ3) is 5.62. The molecule has 0 radical (unpaired) electrons. The Morgan fingerprint density at radius 3 is 2.65 bits per heavy atom. The van der Waals surface area contributed by atoms with Crippen LogP contribution in [-0.4, -0.2) is 23.2 Å². The minimum atomic E-state index is -0.483. The molecule has 3 N–H and O–H groups in total. The molecule has 0 bridgehead atoms. The fourth-order valence-corrected chi connectivity index (χ4v) is 2.12. The molecule has 0 aliphatic carbocycles. The lowest BCUT2D eigenvalue weighted by Crippen LogP contribution is -2.33. The smallest absolute Gasteiger partial charge is 0.407 e. The molecular formula is C18H23N3O2. The first-order valence-corrected chi connectivity index (χ1v) is 7.62.